The Morgan fingerprint density at radius 2 is 2.27 bits per heavy atom. The molecule has 1 fully saturated rings. The fraction of sp³-hybridized carbons (Fsp3) is 0.588. The highest BCUT2D eigenvalue weighted by Crippen LogP contribution is 2.18. The van der Waals surface area contributed by atoms with Crippen LogP contribution in [0.1, 0.15) is 18.9 Å². The molecule has 1 aromatic rings. The van der Waals surface area contributed by atoms with Crippen LogP contribution >= 0.6 is 0 Å². The highest BCUT2D eigenvalue weighted by atomic mass is 16.5. The van der Waals surface area contributed by atoms with Crippen LogP contribution < -0.4 is 15.5 Å². The molecule has 0 spiro atoms. The van der Waals surface area contributed by atoms with Gasteiger partial charge in [-0.15, -0.1) is 0 Å². The first-order valence-electron chi connectivity index (χ1n) is 8.09. The number of nitrogens with zero attached hydrogens (tertiary/aromatic N) is 1. The van der Waals surface area contributed by atoms with Crippen molar-refractivity contribution in [1.82, 2.24) is 10.6 Å². The van der Waals surface area contributed by atoms with Gasteiger partial charge in [-0.1, -0.05) is 18.2 Å². The fourth-order valence-electron chi connectivity index (χ4n) is 2.74. The molecule has 2 rings (SSSR count). The van der Waals surface area contributed by atoms with Gasteiger partial charge >= 0.3 is 0 Å². The van der Waals surface area contributed by atoms with Crippen molar-refractivity contribution in [2.24, 2.45) is 0 Å². The van der Waals surface area contributed by atoms with E-state index < -0.39 is 0 Å². The van der Waals surface area contributed by atoms with E-state index in [9.17, 15) is 4.79 Å². The highest BCUT2D eigenvalue weighted by molar-refractivity contribution is 5.76. The predicted octanol–water partition coefficient (Wildman–Crippen LogP) is 1.32. The Labute approximate surface area is 133 Å². The Bertz CT molecular complexity index is 473. The van der Waals surface area contributed by atoms with E-state index in [0.717, 1.165) is 26.2 Å². The van der Waals surface area contributed by atoms with Crippen LogP contribution in [0.5, 0.6) is 0 Å². The van der Waals surface area contributed by atoms with Crippen molar-refractivity contribution in [1.29, 1.82) is 0 Å². The molecule has 5 heteroatoms. The van der Waals surface area contributed by atoms with Gasteiger partial charge in [-0.05, 0) is 25.5 Å². The number of ether oxygens (including phenoxy) is 1. The lowest BCUT2D eigenvalue weighted by Gasteiger charge is -2.26. The van der Waals surface area contributed by atoms with E-state index in [1.165, 1.54) is 11.3 Å². The summed E-state index contributed by atoms with van der Waals surface area (Å²) in [5, 5.41) is 6.31. The van der Waals surface area contributed by atoms with Crippen LogP contribution in [0.3, 0.4) is 0 Å². The molecule has 5 nitrogen and oxygen atoms in total. The number of aryl methyl sites for hydroxylation is 1. The lowest BCUT2D eigenvalue weighted by Crippen LogP contribution is -2.45. The van der Waals surface area contributed by atoms with Gasteiger partial charge in [0.05, 0.1) is 13.2 Å². The standard InChI is InChI=1S/C17H27N3O2/c1-3-20(16-7-5-4-6-14(16)2)10-8-19-17(21)12-15-13-22-11-9-18-15/h4-7,15,18H,3,8-13H2,1-2H3,(H,19,21). The average Bonchev–Trinajstić information content (AvgIpc) is 2.53. The van der Waals surface area contributed by atoms with Gasteiger partial charge in [-0.2, -0.15) is 0 Å². The third-order valence-corrected chi connectivity index (χ3v) is 3.97. The first kappa shape index (κ1) is 16.8. The lowest BCUT2D eigenvalue weighted by molar-refractivity contribution is -0.122. The lowest BCUT2D eigenvalue weighted by atomic mass is 10.2. The number of benzene rings is 1. The van der Waals surface area contributed by atoms with Gasteiger partial charge in [-0.25, -0.2) is 0 Å². The number of amides is 1. The van der Waals surface area contributed by atoms with Crippen molar-refractivity contribution in [2.45, 2.75) is 26.3 Å². The Hall–Kier alpha value is -1.59. The van der Waals surface area contributed by atoms with Crippen molar-refractivity contribution in [2.75, 3.05) is 44.3 Å². The average molecular weight is 305 g/mol. The number of hydrogen-bond acceptors (Lipinski definition) is 4. The molecule has 0 aromatic heterocycles. The molecule has 1 aliphatic heterocycles. The number of morpholine rings is 1. The van der Waals surface area contributed by atoms with Gasteiger partial charge in [0.2, 0.25) is 5.91 Å². The van der Waals surface area contributed by atoms with Crippen molar-refractivity contribution in [3.8, 4) is 0 Å². The summed E-state index contributed by atoms with van der Waals surface area (Å²) >= 11 is 0. The number of carbonyl (C=O) groups excluding carboxylic acids is 1. The minimum atomic E-state index is 0.0869. The van der Waals surface area contributed by atoms with Crippen LogP contribution in [-0.2, 0) is 9.53 Å². The van der Waals surface area contributed by atoms with Crippen LogP contribution in [0.15, 0.2) is 24.3 Å². The number of para-hydroxylation sites is 1. The largest absolute Gasteiger partial charge is 0.378 e. The van der Waals surface area contributed by atoms with Crippen LogP contribution in [0.25, 0.3) is 0 Å². The third-order valence-electron chi connectivity index (χ3n) is 3.97. The first-order chi connectivity index (χ1) is 10.7. The SMILES string of the molecule is CCN(CCNC(=O)CC1COCCN1)c1ccccc1C. The Morgan fingerprint density at radius 1 is 1.45 bits per heavy atom. The minimum Gasteiger partial charge on any atom is -0.378 e. The van der Waals surface area contributed by atoms with Crippen LogP contribution in [0.2, 0.25) is 0 Å². The van der Waals surface area contributed by atoms with Crippen molar-refractivity contribution in [3.05, 3.63) is 29.8 Å². The Morgan fingerprint density at radius 3 is 2.95 bits per heavy atom. The molecular weight excluding hydrogens is 278 g/mol. The molecule has 0 bridgehead atoms. The van der Waals surface area contributed by atoms with E-state index in [-0.39, 0.29) is 11.9 Å². The fourth-order valence-corrected chi connectivity index (χ4v) is 2.74. The zero-order valence-electron chi connectivity index (χ0n) is 13.6. The summed E-state index contributed by atoms with van der Waals surface area (Å²) in [4.78, 5) is 14.2. The van der Waals surface area contributed by atoms with Crippen molar-refractivity contribution < 1.29 is 9.53 Å². The van der Waals surface area contributed by atoms with Crippen LogP contribution in [0.4, 0.5) is 5.69 Å². The van der Waals surface area contributed by atoms with Gasteiger partial charge in [0.15, 0.2) is 0 Å². The van der Waals surface area contributed by atoms with Crippen LogP contribution in [0, 0.1) is 6.92 Å². The molecule has 1 heterocycles. The second-order valence-electron chi connectivity index (χ2n) is 5.65. The molecule has 122 valence electrons. The van der Waals surface area contributed by atoms with E-state index in [1.54, 1.807) is 0 Å². The Kier molecular flexibility index (Phi) is 6.68. The summed E-state index contributed by atoms with van der Waals surface area (Å²) in [7, 11) is 0. The summed E-state index contributed by atoms with van der Waals surface area (Å²) in [5.74, 6) is 0.0869. The van der Waals surface area contributed by atoms with E-state index in [4.69, 9.17) is 4.74 Å². The van der Waals surface area contributed by atoms with Crippen LogP contribution in [-0.4, -0.2) is 51.3 Å². The molecule has 0 radical (unpaired) electrons. The van der Waals surface area contributed by atoms with E-state index in [1.807, 2.05) is 6.07 Å². The Balaban J connectivity index is 1.74. The normalized spacial score (nSPS) is 18.0. The molecule has 1 atom stereocenters. The number of likely N-dealkylation sites (N-methyl/N-ethyl adjacent to an activating group) is 1. The van der Waals surface area contributed by atoms with Gasteiger partial charge in [0.25, 0.3) is 0 Å². The number of anilines is 1. The molecule has 1 amide bonds. The topological polar surface area (TPSA) is 53.6 Å². The maximum atomic E-state index is 12.0. The summed E-state index contributed by atoms with van der Waals surface area (Å²) in [6.45, 7) is 8.85. The van der Waals surface area contributed by atoms with E-state index in [2.05, 4.69) is 47.6 Å². The molecule has 2 N–H and O–H groups in total. The summed E-state index contributed by atoms with van der Waals surface area (Å²) < 4.78 is 5.36. The number of carbonyl (C=O) groups is 1. The summed E-state index contributed by atoms with van der Waals surface area (Å²) in [6.07, 6.45) is 0.483. The van der Waals surface area contributed by atoms with Gasteiger partial charge < -0.3 is 20.3 Å². The molecule has 1 unspecified atom stereocenters. The molecule has 0 saturated carbocycles. The molecule has 1 aromatic carbocycles. The number of nitrogens with one attached hydrogen (secondary N) is 2. The second-order valence-corrected chi connectivity index (χ2v) is 5.65. The van der Waals surface area contributed by atoms with Gasteiger partial charge in [0, 0.05) is 44.3 Å². The van der Waals surface area contributed by atoms with Gasteiger partial charge in [-0.3, -0.25) is 4.79 Å². The maximum Gasteiger partial charge on any atom is 0.221 e. The second kappa shape index (κ2) is 8.76. The number of hydrogen-bond donors (Lipinski definition) is 2. The summed E-state index contributed by atoms with van der Waals surface area (Å²) in [6, 6.07) is 8.49. The third kappa shape index (κ3) is 5.00. The molecule has 1 saturated heterocycles. The molecule has 1 aliphatic rings. The molecule has 22 heavy (non-hydrogen) atoms. The monoisotopic (exact) mass is 305 g/mol. The van der Waals surface area contributed by atoms with E-state index >= 15 is 0 Å². The smallest absolute Gasteiger partial charge is 0.221 e. The highest BCUT2D eigenvalue weighted by Gasteiger charge is 2.16. The zero-order chi connectivity index (χ0) is 15.8. The van der Waals surface area contributed by atoms with E-state index in [0.29, 0.717) is 19.6 Å². The van der Waals surface area contributed by atoms with Crippen molar-refractivity contribution in [3.63, 3.8) is 0 Å². The maximum absolute atomic E-state index is 12.0. The molecule has 0 aliphatic carbocycles. The zero-order valence-corrected chi connectivity index (χ0v) is 13.6. The quantitative estimate of drug-likeness (QED) is 0.798. The first-order valence-corrected chi connectivity index (χ1v) is 8.09. The molecular formula is C17H27N3O2. The summed E-state index contributed by atoms with van der Waals surface area (Å²) in [5.41, 5.74) is 2.50. The van der Waals surface area contributed by atoms with Gasteiger partial charge in [0.1, 0.15) is 0 Å². The minimum absolute atomic E-state index is 0.0869. The number of rotatable bonds is 7. The van der Waals surface area contributed by atoms with Crippen molar-refractivity contribution >= 4 is 11.6 Å². The predicted molar refractivity (Wildman–Crippen MR) is 89.3 cm³/mol.